The molecule has 1 saturated heterocycles. The predicted molar refractivity (Wildman–Crippen MR) is 136 cm³/mol. The zero-order valence-corrected chi connectivity index (χ0v) is 19.8. The standard InChI is InChI=1S/C26H27FN8/c1-34(2)15-16-10-18(14-28-13-16)17-11-19-22(20(27)12-17)32-33-23(19)25-30-21-6-7-29-26(24(21)31-25)35-8-4-3-5-9-35/h6-7,10-14H,3-5,8-9,15H2,1-2H3,(H,30,31)(H,32,33). The fourth-order valence-electron chi connectivity index (χ4n) is 4.90. The van der Waals surface area contributed by atoms with Crippen LogP contribution in [0.15, 0.2) is 42.9 Å². The highest BCUT2D eigenvalue weighted by molar-refractivity contribution is 5.97. The number of aromatic amines is 2. The molecule has 0 atom stereocenters. The summed E-state index contributed by atoms with van der Waals surface area (Å²) in [5.41, 5.74) is 5.33. The van der Waals surface area contributed by atoms with E-state index in [1.807, 2.05) is 44.7 Å². The molecule has 2 N–H and O–H groups in total. The topological polar surface area (TPSA) is 89.6 Å². The number of H-pyrrole nitrogens is 2. The molecule has 0 unspecified atom stereocenters. The van der Waals surface area contributed by atoms with Gasteiger partial charge < -0.3 is 14.8 Å². The van der Waals surface area contributed by atoms with Crippen LogP contribution in [-0.4, -0.2) is 62.2 Å². The van der Waals surface area contributed by atoms with Gasteiger partial charge in [-0.1, -0.05) is 0 Å². The van der Waals surface area contributed by atoms with Crippen LogP contribution in [0.4, 0.5) is 10.2 Å². The molecule has 1 aromatic carbocycles. The molecule has 0 radical (unpaired) electrons. The third kappa shape index (κ3) is 4.01. The van der Waals surface area contributed by atoms with Crippen LogP contribution in [0.2, 0.25) is 0 Å². The normalized spacial score (nSPS) is 14.5. The Morgan fingerprint density at radius 2 is 1.89 bits per heavy atom. The second-order valence-electron chi connectivity index (χ2n) is 9.44. The molecule has 0 saturated carbocycles. The lowest BCUT2D eigenvalue weighted by Crippen LogP contribution is -2.30. The van der Waals surface area contributed by atoms with Gasteiger partial charge in [0.15, 0.2) is 17.5 Å². The van der Waals surface area contributed by atoms with Gasteiger partial charge >= 0.3 is 0 Å². The van der Waals surface area contributed by atoms with E-state index < -0.39 is 0 Å². The van der Waals surface area contributed by atoms with Gasteiger partial charge in [-0.2, -0.15) is 5.10 Å². The van der Waals surface area contributed by atoms with Crippen LogP contribution in [0.3, 0.4) is 0 Å². The minimum Gasteiger partial charge on any atom is -0.355 e. The molecule has 1 aliphatic rings. The number of hydrogen-bond donors (Lipinski definition) is 2. The number of hydrogen-bond acceptors (Lipinski definition) is 6. The van der Waals surface area contributed by atoms with Gasteiger partial charge in [-0.05, 0) is 68.8 Å². The molecular formula is C26H27FN8. The molecule has 0 bridgehead atoms. The van der Waals surface area contributed by atoms with Crippen molar-refractivity contribution in [1.29, 1.82) is 0 Å². The van der Waals surface area contributed by atoms with E-state index in [0.29, 0.717) is 16.9 Å². The van der Waals surface area contributed by atoms with Gasteiger partial charge in [0.25, 0.3) is 0 Å². The SMILES string of the molecule is CN(C)Cc1cncc(-c2cc(F)c3n[nH]c(-c4nc5c(N6CCCCC6)nccc5[nH]4)c3c2)c1. The molecule has 178 valence electrons. The second kappa shape index (κ2) is 8.74. The lowest BCUT2D eigenvalue weighted by Gasteiger charge is -2.27. The van der Waals surface area contributed by atoms with Crippen LogP contribution in [0.5, 0.6) is 0 Å². The van der Waals surface area contributed by atoms with E-state index in [1.54, 1.807) is 6.20 Å². The Bertz CT molecular complexity index is 1510. The number of nitrogens with zero attached hydrogens (tertiary/aromatic N) is 6. The zero-order chi connectivity index (χ0) is 23.9. The Kier molecular flexibility index (Phi) is 5.41. The van der Waals surface area contributed by atoms with Crippen molar-refractivity contribution in [3.8, 4) is 22.6 Å². The van der Waals surface area contributed by atoms with E-state index in [0.717, 1.165) is 66.0 Å². The summed E-state index contributed by atoms with van der Waals surface area (Å²) in [6.07, 6.45) is 8.98. The monoisotopic (exact) mass is 470 g/mol. The van der Waals surface area contributed by atoms with Crippen molar-refractivity contribution < 1.29 is 4.39 Å². The summed E-state index contributed by atoms with van der Waals surface area (Å²) in [7, 11) is 4.02. The largest absolute Gasteiger partial charge is 0.355 e. The lowest BCUT2D eigenvalue weighted by atomic mass is 10.0. The Morgan fingerprint density at radius 1 is 1.03 bits per heavy atom. The van der Waals surface area contributed by atoms with E-state index >= 15 is 4.39 Å². The first-order chi connectivity index (χ1) is 17.1. The Balaban J connectivity index is 1.44. The average molecular weight is 471 g/mol. The van der Waals surface area contributed by atoms with Crippen LogP contribution in [0.25, 0.3) is 44.6 Å². The molecule has 1 fully saturated rings. The van der Waals surface area contributed by atoms with Gasteiger partial charge in [-0.3, -0.25) is 10.1 Å². The lowest BCUT2D eigenvalue weighted by molar-refractivity contribution is 0.402. The van der Waals surface area contributed by atoms with E-state index in [1.165, 1.54) is 12.5 Å². The van der Waals surface area contributed by atoms with E-state index in [9.17, 15) is 0 Å². The van der Waals surface area contributed by atoms with E-state index in [4.69, 9.17) is 4.98 Å². The number of benzene rings is 1. The van der Waals surface area contributed by atoms with Gasteiger partial charge in [0, 0.05) is 49.2 Å². The van der Waals surface area contributed by atoms with Crippen molar-refractivity contribution in [1.82, 2.24) is 35.0 Å². The number of imidazole rings is 1. The average Bonchev–Trinajstić information content (AvgIpc) is 3.48. The first kappa shape index (κ1) is 21.7. The number of rotatable bonds is 5. The fraction of sp³-hybridized carbons (Fsp3) is 0.308. The van der Waals surface area contributed by atoms with Crippen molar-refractivity contribution in [2.45, 2.75) is 25.8 Å². The van der Waals surface area contributed by atoms with Gasteiger partial charge in [-0.25, -0.2) is 14.4 Å². The summed E-state index contributed by atoms with van der Waals surface area (Å²) in [5, 5.41) is 7.94. The van der Waals surface area contributed by atoms with Crippen LogP contribution >= 0.6 is 0 Å². The molecule has 0 aliphatic carbocycles. The van der Waals surface area contributed by atoms with Crippen molar-refractivity contribution in [2.75, 3.05) is 32.1 Å². The Morgan fingerprint density at radius 3 is 2.71 bits per heavy atom. The minimum absolute atomic E-state index is 0.288. The third-order valence-corrected chi connectivity index (χ3v) is 6.51. The molecular weight excluding hydrogens is 443 g/mol. The maximum absolute atomic E-state index is 15.1. The predicted octanol–water partition coefficient (Wildman–Crippen LogP) is 4.75. The molecule has 9 heteroatoms. The highest BCUT2D eigenvalue weighted by Gasteiger charge is 2.20. The van der Waals surface area contributed by atoms with Gasteiger partial charge in [-0.15, -0.1) is 0 Å². The molecule has 1 aliphatic heterocycles. The second-order valence-corrected chi connectivity index (χ2v) is 9.44. The molecule has 5 aromatic rings. The van der Waals surface area contributed by atoms with Crippen molar-refractivity contribution in [3.05, 3.63) is 54.2 Å². The van der Waals surface area contributed by atoms with Crippen LogP contribution in [0.1, 0.15) is 24.8 Å². The highest BCUT2D eigenvalue weighted by atomic mass is 19.1. The third-order valence-electron chi connectivity index (χ3n) is 6.51. The molecule has 8 nitrogen and oxygen atoms in total. The number of aromatic nitrogens is 6. The van der Waals surface area contributed by atoms with Crippen LogP contribution in [-0.2, 0) is 6.54 Å². The molecule has 0 amide bonds. The number of pyridine rings is 2. The van der Waals surface area contributed by atoms with Crippen molar-refractivity contribution in [3.63, 3.8) is 0 Å². The van der Waals surface area contributed by atoms with Gasteiger partial charge in [0.1, 0.15) is 16.7 Å². The summed E-state index contributed by atoms with van der Waals surface area (Å²) in [4.78, 5) is 21.7. The summed E-state index contributed by atoms with van der Waals surface area (Å²) >= 11 is 0. The van der Waals surface area contributed by atoms with Gasteiger partial charge in [0.05, 0.1) is 5.52 Å². The number of nitrogens with one attached hydrogen (secondary N) is 2. The first-order valence-corrected chi connectivity index (χ1v) is 11.9. The number of piperidine rings is 1. The molecule has 35 heavy (non-hydrogen) atoms. The molecule has 4 aromatic heterocycles. The Labute approximate surface area is 202 Å². The zero-order valence-electron chi connectivity index (χ0n) is 19.8. The first-order valence-electron chi connectivity index (χ1n) is 11.9. The van der Waals surface area contributed by atoms with Crippen molar-refractivity contribution >= 4 is 27.8 Å². The molecule has 6 rings (SSSR count). The minimum atomic E-state index is -0.384. The maximum atomic E-state index is 15.1. The van der Waals surface area contributed by atoms with Crippen LogP contribution < -0.4 is 4.90 Å². The number of anilines is 1. The Hall–Kier alpha value is -3.85. The highest BCUT2D eigenvalue weighted by Crippen LogP contribution is 2.33. The summed E-state index contributed by atoms with van der Waals surface area (Å²) in [6, 6.07) is 7.43. The number of halogens is 1. The number of fused-ring (bicyclic) bond motifs is 2. The molecule has 0 spiro atoms. The van der Waals surface area contributed by atoms with Crippen LogP contribution in [0, 0.1) is 5.82 Å². The smallest absolute Gasteiger partial charge is 0.157 e. The quantitative estimate of drug-likeness (QED) is 0.385. The summed E-state index contributed by atoms with van der Waals surface area (Å²) in [5.74, 6) is 1.12. The van der Waals surface area contributed by atoms with Crippen molar-refractivity contribution in [2.24, 2.45) is 0 Å². The van der Waals surface area contributed by atoms with E-state index in [-0.39, 0.29) is 11.3 Å². The van der Waals surface area contributed by atoms with E-state index in [2.05, 4.69) is 34.9 Å². The summed E-state index contributed by atoms with van der Waals surface area (Å²) < 4.78 is 15.1. The molecule has 5 heterocycles. The maximum Gasteiger partial charge on any atom is 0.157 e. The van der Waals surface area contributed by atoms with Gasteiger partial charge in [0.2, 0.25) is 0 Å². The fourth-order valence-corrected chi connectivity index (χ4v) is 4.90. The summed E-state index contributed by atoms with van der Waals surface area (Å²) in [6.45, 7) is 2.72.